The molecule has 1 N–H and O–H groups in total. The van der Waals surface area contributed by atoms with Crippen molar-refractivity contribution < 1.29 is 4.74 Å². The van der Waals surface area contributed by atoms with Crippen LogP contribution in [0.15, 0.2) is 0 Å². The van der Waals surface area contributed by atoms with Gasteiger partial charge in [0, 0.05) is 25.6 Å². The van der Waals surface area contributed by atoms with Crippen molar-refractivity contribution in [1.29, 1.82) is 0 Å². The lowest BCUT2D eigenvalue weighted by atomic mass is 9.85. The van der Waals surface area contributed by atoms with Gasteiger partial charge >= 0.3 is 0 Å². The van der Waals surface area contributed by atoms with Gasteiger partial charge in [0.2, 0.25) is 0 Å². The van der Waals surface area contributed by atoms with Crippen LogP contribution in [-0.2, 0) is 17.7 Å². The fourth-order valence-electron chi connectivity index (χ4n) is 3.24. The van der Waals surface area contributed by atoms with Crippen molar-refractivity contribution >= 4 is 11.6 Å². The van der Waals surface area contributed by atoms with Gasteiger partial charge in [0.25, 0.3) is 0 Å². The minimum Gasteiger partial charge on any atom is -0.374 e. The van der Waals surface area contributed by atoms with E-state index in [1.165, 1.54) is 12.8 Å². The molecule has 0 bridgehead atoms. The van der Waals surface area contributed by atoms with Crippen LogP contribution in [-0.4, -0.2) is 34.6 Å². The smallest absolute Gasteiger partial charge is 0.0847 e. The predicted octanol–water partition coefficient (Wildman–Crippen LogP) is 3.34. The monoisotopic (exact) mass is 313 g/mol. The lowest BCUT2D eigenvalue weighted by molar-refractivity contribution is -0.0884. The van der Waals surface area contributed by atoms with E-state index in [4.69, 9.17) is 16.3 Å². The molecule has 1 saturated heterocycles. The van der Waals surface area contributed by atoms with Crippen molar-refractivity contribution in [1.82, 2.24) is 15.1 Å². The van der Waals surface area contributed by atoms with Gasteiger partial charge < -0.3 is 10.1 Å². The molecule has 0 aliphatic carbocycles. The van der Waals surface area contributed by atoms with E-state index >= 15 is 0 Å². The summed E-state index contributed by atoms with van der Waals surface area (Å²) in [5.74, 6) is 0. The van der Waals surface area contributed by atoms with E-state index in [0.717, 1.165) is 48.9 Å². The maximum atomic E-state index is 6.47. The first-order valence-electron chi connectivity index (χ1n) is 8.11. The Labute approximate surface area is 133 Å². The van der Waals surface area contributed by atoms with Crippen LogP contribution in [0.25, 0.3) is 0 Å². The number of nitrogens with zero attached hydrogens (tertiary/aromatic N) is 2. The predicted molar refractivity (Wildman–Crippen MR) is 87.0 cm³/mol. The molecule has 2 heterocycles. The summed E-state index contributed by atoms with van der Waals surface area (Å²) in [5, 5.41) is 8.93. The lowest BCUT2D eigenvalue weighted by Gasteiger charge is -2.41. The van der Waals surface area contributed by atoms with Gasteiger partial charge in [0.05, 0.1) is 22.0 Å². The van der Waals surface area contributed by atoms with Crippen LogP contribution in [0.3, 0.4) is 0 Å². The van der Waals surface area contributed by atoms with Crippen molar-refractivity contribution in [2.75, 3.05) is 13.2 Å². The first kappa shape index (κ1) is 16.8. The number of aryl methyl sites for hydroxylation is 2. The van der Waals surface area contributed by atoms with Gasteiger partial charge in [-0.25, -0.2) is 0 Å². The van der Waals surface area contributed by atoms with E-state index in [0.29, 0.717) is 0 Å². The second-order valence-corrected chi connectivity index (χ2v) is 6.47. The van der Waals surface area contributed by atoms with Crippen LogP contribution in [0.1, 0.15) is 51.4 Å². The van der Waals surface area contributed by atoms with Gasteiger partial charge in [-0.1, -0.05) is 18.5 Å². The van der Waals surface area contributed by atoms with E-state index in [2.05, 4.69) is 31.2 Å². The topological polar surface area (TPSA) is 39.1 Å². The SMILES string of the molecule is CCNC(Cc1c(Cl)c(C)nn1CC)C1(C)CCCCO1. The number of aromatic nitrogens is 2. The molecule has 1 aliphatic rings. The Bertz CT molecular complexity index is 466. The molecule has 1 aliphatic heterocycles. The first-order chi connectivity index (χ1) is 10.0. The van der Waals surface area contributed by atoms with Crippen molar-refractivity contribution in [2.45, 2.75) is 71.6 Å². The Balaban J connectivity index is 2.23. The van der Waals surface area contributed by atoms with Crippen molar-refractivity contribution in [3.63, 3.8) is 0 Å². The normalized spacial score (nSPS) is 24.2. The maximum absolute atomic E-state index is 6.47. The van der Waals surface area contributed by atoms with Crippen LogP contribution in [0.5, 0.6) is 0 Å². The summed E-state index contributed by atoms with van der Waals surface area (Å²) in [7, 11) is 0. The molecule has 5 heteroatoms. The Hall–Kier alpha value is -0.580. The summed E-state index contributed by atoms with van der Waals surface area (Å²) in [4.78, 5) is 0. The summed E-state index contributed by atoms with van der Waals surface area (Å²) in [6.07, 6.45) is 4.36. The largest absolute Gasteiger partial charge is 0.374 e. The minimum absolute atomic E-state index is 0.117. The molecule has 1 aromatic heterocycles. The number of ether oxygens (including phenoxy) is 1. The molecular weight excluding hydrogens is 286 g/mol. The Morgan fingerprint density at radius 1 is 1.43 bits per heavy atom. The van der Waals surface area contributed by atoms with Gasteiger partial charge in [-0.15, -0.1) is 0 Å². The second kappa shape index (κ2) is 7.12. The van der Waals surface area contributed by atoms with Gasteiger partial charge in [0.15, 0.2) is 0 Å². The third-order valence-corrected chi connectivity index (χ3v) is 5.03. The summed E-state index contributed by atoms with van der Waals surface area (Å²) in [6, 6.07) is 0.265. The van der Waals surface area contributed by atoms with E-state index < -0.39 is 0 Å². The highest BCUT2D eigenvalue weighted by Crippen LogP contribution is 2.31. The molecule has 0 amide bonds. The summed E-state index contributed by atoms with van der Waals surface area (Å²) < 4.78 is 8.16. The standard InChI is InChI=1S/C16H28ClN3O/c1-5-18-14(16(4)9-7-8-10-21-16)11-13-15(17)12(3)19-20(13)6-2/h14,18H,5-11H2,1-4H3. The quantitative estimate of drug-likeness (QED) is 0.875. The zero-order valence-corrected chi connectivity index (χ0v) is 14.5. The highest BCUT2D eigenvalue weighted by molar-refractivity contribution is 6.31. The Kier molecular flexibility index (Phi) is 5.69. The third-order valence-electron chi connectivity index (χ3n) is 4.54. The second-order valence-electron chi connectivity index (χ2n) is 6.09. The molecule has 21 heavy (non-hydrogen) atoms. The number of nitrogens with one attached hydrogen (secondary N) is 1. The van der Waals surface area contributed by atoms with Gasteiger partial charge in [0.1, 0.15) is 0 Å². The highest BCUT2D eigenvalue weighted by Gasteiger charge is 2.37. The van der Waals surface area contributed by atoms with E-state index in [-0.39, 0.29) is 11.6 Å². The third kappa shape index (κ3) is 3.61. The molecule has 1 fully saturated rings. The van der Waals surface area contributed by atoms with Gasteiger partial charge in [-0.05, 0) is 46.6 Å². The zero-order valence-electron chi connectivity index (χ0n) is 13.7. The average molecular weight is 314 g/mol. The Morgan fingerprint density at radius 3 is 2.76 bits per heavy atom. The number of hydrogen-bond donors (Lipinski definition) is 1. The molecule has 0 aromatic carbocycles. The molecule has 4 nitrogen and oxygen atoms in total. The van der Waals surface area contributed by atoms with Crippen LogP contribution in [0.4, 0.5) is 0 Å². The molecule has 1 aromatic rings. The summed E-state index contributed by atoms with van der Waals surface area (Å²) >= 11 is 6.47. The first-order valence-corrected chi connectivity index (χ1v) is 8.48. The van der Waals surface area contributed by atoms with Gasteiger partial charge in [-0.3, -0.25) is 4.68 Å². The number of rotatable bonds is 6. The van der Waals surface area contributed by atoms with Crippen LogP contribution in [0.2, 0.25) is 5.02 Å². The van der Waals surface area contributed by atoms with Crippen LogP contribution >= 0.6 is 11.6 Å². The molecule has 120 valence electrons. The molecule has 0 spiro atoms. The van der Waals surface area contributed by atoms with Crippen molar-refractivity contribution in [3.8, 4) is 0 Å². The van der Waals surface area contributed by atoms with E-state index in [1.54, 1.807) is 0 Å². The average Bonchev–Trinajstić information content (AvgIpc) is 2.75. The number of hydrogen-bond acceptors (Lipinski definition) is 3. The minimum atomic E-state index is -0.117. The van der Waals surface area contributed by atoms with E-state index in [1.807, 2.05) is 11.6 Å². The highest BCUT2D eigenvalue weighted by atomic mass is 35.5. The lowest BCUT2D eigenvalue weighted by Crippen LogP contribution is -2.53. The van der Waals surface area contributed by atoms with Crippen molar-refractivity contribution in [3.05, 3.63) is 16.4 Å². The molecule has 2 atom stereocenters. The molecule has 2 unspecified atom stereocenters. The van der Waals surface area contributed by atoms with Crippen LogP contribution in [0, 0.1) is 6.92 Å². The fraction of sp³-hybridized carbons (Fsp3) is 0.812. The van der Waals surface area contributed by atoms with E-state index in [9.17, 15) is 0 Å². The Morgan fingerprint density at radius 2 is 2.19 bits per heavy atom. The molecule has 2 rings (SSSR count). The zero-order chi connectivity index (χ0) is 15.5. The molecule has 0 radical (unpaired) electrons. The fourth-order valence-corrected chi connectivity index (χ4v) is 3.45. The van der Waals surface area contributed by atoms with Crippen molar-refractivity contribution in [2.24, 2.45) is 0 Å². The molecule has 0 saturated carbocycles. The van der Waals surface area contributed by atoms with Crippen LogP contribution < -0.4 is 5.32 Å². The van der Waals surface area contributed by atoms with Gasteiger partial charge in [-0.2, -0.15) is 5.10 Å². The number of halogens is 1. The summed E-state index contributed by atoms with van der Waals surface area (Å²) in [5.41, 5.74) is 1.92. The summed E-state index contributed by atoms with van der Waals surface area (Å²) in [6.45, 7) is 11.1. The maximum Gasteiger partial charge on any atom is 0.0847 e. The molecular formula is C16H28ClN3O. The number of likely N-dealkylation sites (N-methyl/N-ethyl adjacent to an activating group) is 1.